The average Bonchev–Trinajstić information content (AvgIpc) is 2.79. The number of carbonyl (C=O) groups is 2. The minimum Gasteiger partial charge on any atom is -0.495 e. The van der Waals surface area contributed by atoms with Crippen molar-refractivity contribution in [3.8, 4) is 11.5 Å². The second-order valence-corrected chi connectivity index (χ2v) is 6.70. The quantitative estimate of drug-likeness (QED) is 0.349. The van der Waals surface area contributed by atoms with Crippen LogP contribution in [-0.2, 0) is 16.2 Å². The number of nitrogens with zero attached hydrogens (tertiary/aromatic N) is 1. The highest BCUT2D eigenvalue weighted by Crippen LogP contribution is 2.22. The van der Waals surface area contributed by atoms with E-state index in [1.165, 1.54) is 18.9 Å². The van der Waals surface area contributed by atoms with E-state index >= 15 is 0 Å². The molecule has 31 heavy (non-hydrogen) atoms. The molecule has 3 rings (SSSR count). The summed E-state index contributed by atoms with van der Waals surface area (Å²) in [5.74, 6) is -0.620. The Morgan fingerprint density at radius 1 is 0.968 bits per heavy atom. The largest absolute Gasteiger partial charge is 0.495 e. The number of hydrogen-bond donors (Lipinski definition) is 2. The molecule has 0 aliphatic heterocycles. The highest BCUT2D eigenvalue weighted by atomic mass is 16.5. The third-order valence-electron chi connectivity index (χ3n) is 4.33. The van der Waals surface area contributed by atoms with Gasteiger partial charge >= 0.3 is 11.8 Å². The first-order chi connectivity index (χ1) is 15.0. The van der Waals surface area contributed by atoms with Crippen molar-refractivity contribution < 1.29 is 19.1 Å². The lowest BCUT2D eigenvalue weighted by Crippen LogP contribution is -2.32. The van der Waals surface area contributed by atoms with E-state index in [-0.39, 0.29) is 0 Å². The number of carbonyl (C=O) groups excluding carboxylic acids is 2. The molecule has 0 aromatic heterocycles. The number of nitrogens with one attached hydrogen (secondary N) is 2. The van der Waals surface area contributed by atoms with Gasteiger partial charge in [-0.1, -0.05) is 54.1 Å². The van der Waals surface area contributed by atoms with Gasteiger partial charge in [-0.3, -0.25) is 9.59 Å². The van der Waals surface area contributed by atoms with E-state index < -0.39 is 11.8 Å². The number of anilines is 1. The van der Waals surface area contributed by atoms with Crippen LogP contribution >= 0.6 is 0 Å². The van der Waals surface area contributed by atoms with Gasteiger partial charge in [0, 0.05) is 0 Å². The lowest BCUT2D eigenvalue weighted by Gasteiger charge is -2.08. The molecule has 0 aliphatic carbocycles. The molecule has 0 spiro atoms. The Labute approximate surface area is 180 Å². The molecule has 0 unspecified atom stereocenters. The van der Waals surface area contributed by atoms with Gasteiger partial charge < -0.3 is 14.8 Å². The number of benzene rings is 3. The zero-order valence-corrected chi connectivity index (χ0v) is 17.3. The molecule has 158 valence electrons. The van der Waals surface area contributed by atoms with Gasteiger partial charge in [-0.15, -0.1) is 0 Å². The van der Waals surface area contributed by atoms with Crippen molar-refractivity contribution in [3.05, 3.63) is 89.5 Å². The third kappa shape index (κ3) is 6.43. The summed E-state index contributed by atoms with van der Waals surface area (Å²) < 4.78 is 10.9. The minimum atomic E-state index is -0.895. The fourth-order valence-corrected chi connectivity index (χ4v) is 2.68. The Morgan fingerprint density at radius 3 is 2.52 bits per heavy atom. The van der Waals surface area contributed by atoms with Crippen LogP contribution in [0.2, 0.25) is 0 Å². The number of hydrogen-bond acceptors (Lipinski definition) is 5. The van der Waals surface area contributed by atoms with Gasteiger partial charge in [-0.25, -0.2) is 5.43 Å². The molecule has 0 fully saturated rings. The highest BCUT2D eigenvalue weighted by molar-refractivity contribution is 6.39. The van der Waals surface area contributed by atoms with Gasteiger partial charge in [0.25, 0.3) is 0 Å². The van der Waals surface area contributed by atoms with Crippen LogP contribution in [-0.4, -0.2) is 25.1 Å². The van der Waals surface area contributed by atoms with Crippen LogP contribution < -0.4 is 20.2 Å². The Kier molecular flexibility index (Phi) is 7.37. The van der Waals surface area contributed by atoms with Crippen LogP contribution in [0.25, 0.3) is 0 Å². The molecule has 7 nitrogen and oxygen atoms in total. The molecule has 0 radical (unpaired) electrons. The Bertz CT molecular complexity index is 1080. The van der Waals surface area contributed by atoms with E-state index in [4.69, 9.17) is 9.47 Å². The van der Waals surface area contributed by atoms with E-state index in [2.05, 4.69) is 15.8 Å². The van der Waals surface area contributed by atoms with Gasteiger partial charge in [0.05, 0.1) is 19.0 Å². The summed E-state index contributed by atoms with van der Waals surface area (Å²) in [5, 5.41) is 6.33. The van der Waals surface area contributed by atoms with E-state index in [0.717, 1.165) is 5.56 Å². The topological polar surface area (TPSA) is 89.0 Å². The summed E-state index contributed by atoms with van der Waals surface area (Å²) in [6.07, 6.45) is 1.44. The van der Waals surface area contributed by atoms with Crippen LogP contribution in [0.4, 0.5) is 5.69 Å². The first-order valence-electron chi connectivity index (χ1n) is 9.61. The molecule has 0 saturated heterocycles. The molecule has 0 heterocycles. The molecular formula is C24H23N3O4. The van der Waals surface area contributed by atoms with Gasteiger partial charge in [0.15, 0.2) is 0 Å². The first kappa shape index (κ1) is 21.6. The second-order valence-electron chi connectivity index (χ2n) is 6.70. The van der Waals surface area contributed by atoms with Crippen molar-refractivity contribution in [1.82, 2.24) is 5.43 Å². The predicted octanol–water partition coefficient (Wildman–Crippen LogP) is 3.67. The SMILES string of the molecule is COc1ccccc1NC(=O)C(=O)NN=Cc1cccc(OCc2ccc(C)cc2)c1. The van der Waals surface area contributed by atoms with Crippen molar-refractivity contribution in [2.45, 2.75) is 13.5 Å². The normalized spacial score (nSPS) is 10.5. The van der Waals surface area contributed by atoms with Gasteiger partial charge in [0.2, 0.25) is 0 Å². The van der Waals surface area contributed by atoms with Crippen LogP contribution in [0, 0.1) is 6.92 Å². The van der Waals surface area contributed by atoms with Crippen molar-refractivity contribution in [2.75, 3.05) is 12.4 Å². The summed E-state index contributed by atoms with van der Waals surface area (Å²) >= 11 is 0. The fraction of sp³-hybridized carbons (Fsp3) is 0.125. The maximum absolute atomic E-state index is 12.0. The number of hydrazone groups is 1. The van der Waals surface area contributed by atoms with Crippen LogP contribution in [0.1, 0.15) is 16.7 Å². The standard InChI is InChI=1S/C24H23N3O4/c1-17-10-12-18(13-11-17)16-31-20-7-5-6-19(14-20)15-25-27-24(29)23(28)26-21-8-3-4-9-22(21)30-2/h3-15H,16H2,1-2H3,(H,26,28)(H,27,29). The van der Waals surface area contributed by atoms with Gasteiger partial charge in [-0.05, 0) is 42.3 Å². The number of amides is 2. The first-order valence-corrected chi connectivity index (χ1v) is 9.61. The maximum Gasteiger partial charge on any atom is 0.329 e. The molecule has 3 aromatic carbocycles. The smallest absolute Gasteiger partial charge is 0.329 e. The van der Waals surface area contributed by atoms with Crippen molar-refractivity contribution in [2.24, 2.45) is 5.10 Å². The van der Waals surface area contributed by atoms with Crippen molar-refractivity contribution >= 4 is 23.7 Å². The molecule has 2 N–H and O–H groups in total. The summed E-state index contributed by atoms with van der Waals surface area (Å²) in [6, 6.07) is 22.2. The van der Waals surface area contributed by atoms with Crippen molar-refractivity contribution in [3.63, 3.8) is 0 Å². The molecule has 2 amide bonds. The molecular weight excluding hydrogens is 394 g/mol. The van der Waals surface area contributed by atoms with Crippen LogP contribution in [0.5, 0.6) is 11.5 Å². The molecule has 0 saturated carbocycles. The lowest BCUT2D eigenvalue weighted by atomic mass is 10.2. The lowest BCUT2D eigenvalue weighted by molar-refractivity contribution is -0.136. The van der Waals surface area contributed by atoms with Crippen LogP contribution in [0.3, 0.4) is 0 Å². The van der Waals surface area contributed by atoms with E-state index in [1.807, 2.05) is 49.4 Å². The minimum absolute atomic E-state index is 0.396. The number of aryl methyl sites for hydroxylation is 1. The zero-order chi connectivity index (χ0) is 22.1. The molecule has 0 atom stereocenters. The Hall–Kier alpha value is -4.13. The summed E-state index contributed by atoms with van der Waals surface area (Å²) in [4.78, 5) is 24.0. The predicted molar refractivity (Wildman–Crippen MR) is 119 cm³/mol. The van der Waals surface area contributed by atoms with E-state index in [1.54, 1.807) is 30.3 Å². The zero-order valence-electron chi connectivity index (χ0n) is 17.3. The maximum atomic E-state index is 12.0. The van der Waals surface area contributed by atoms with E-state index in [9.17, 15) is 9.59 Å². The van der Waals surface area contributed by atoms with Gasteiger partial charge in [-0.2, -0.15) is 5.10 Å². The van der Waals surface area contributed by atoms with Crippen LogP contribution in [0.15, 0.2) is 77.9 Å². The summed E-state index contributed by atoms with van der Waals surface area (Å²) in [6.45, 7) is 2.48. The highest BCUT2D eigenvalue weighted by Gasteiger charge is 2.14. The number of para-hydroxylation sites is 2. The monoisotopic (exact) mass is 417 g/mol. The summed E-state index contributed by atoms with van der Waals surface area (Å²) in [5.41, 5.74) is 5.58. The van der Waals surface area contributed by atoms with E-state index in [0.29, 0.717) is 29.4 Å². The molecule has 7 heteroatoms. The molecule has 0 aliphatic rings. The average molecular weight is 417 g/mol. The molecule has 3 aromatic rings. The second kappa shape index (κ2) is 10.6. The number of rotatable bonds is 7. The number of ether oxygens (including phenoxy) is 2. The Morgan fingerprint density at radius 2 is 1.74 bits per heavy atom. The summed E-state index contributed by atoms with van der Waals surface area (Å²) in [7, 11) is 1.48. The molecule has 0 bridgehead atoms. The number of methoxy groups -OCH3 is 1. The Balaban J connectivity index is 1.53. The third-order valence-corrected chi connectivity index (χ3v) is 4.33. The van der Waals surface area contributed by atoms with Gasteiger partial charge in [0.1, 0.15) is 18.1 Å². The van der Waals surface area contributed by atoms with Crippen molar-refractivity contribution in [1.29, 1.82) is 0 Å². The fourth-order valence-electron chi connectivity index (χ4n) is 2.68.